The van der Waals surface area contributed by atoms with Gasteiger partial charge in [0.1, 0.15) is 12.2 Å². The van der Waals surface area contributed by atoms with Gasteiger partial charge in [-0.2, -0.15) is 5.26 Å². The largest absolute Gasteiger partial charge is 0.388 e. The third-order valence-electron chi connectivity index (χ3n) is 6.11. The summed E-state index contributed by atoms with van der Waals surface area (Å²) in [6.07, 6.45) is 2.80. The number of aliphatic hydroxyl groups is 2. The molecule has 1 aliphatic rings. The molecule has 0 bridgehead atoms. The molecule has 1 saturated heterocycles. The maximum Gasteiger partial charge on any atom is 0.213 e. The van der Waals surface area contributed by atoms with Crippen LogP contribution in [0.3, 0.4) is 0 Å². The van der Waals surface area contributed by atoms with Crippen LogP contribution in [0.1, 0.15) is 37.8 Å². The van der Waals surface area contributed by atoms with Crippen molar-refractivity contribution in [3.8, 4) is 6.19 Å². The molecule has 0 aliphatic carbocycles. The smallest absolute Gasteiger partial charge is 0.213 e. The summed E-state index contributed by atoms with van der Waals surface area (Å²) in [7, 11) is 0. The molecule has 0 amide bonds. The number of nitrogens with zero attached hydrogens (tertiary/aromatic N) is 4. The first-order valence-corrected chi connectivity index (χ1v) is 11.5. The van der Waals surface area contributed by atoms with Crippen molar-refractivity contribution >= 4 is 5.96 Å². The van der Waals surface area contributed by atoms with Gasteiger partial charge in [0.05, 0.1) is 12.1 Å². The molecule has 0 spiro atoms. The molecule has 1 aliphatic heterocycles. The van der Waals surface area contributed by atoms with Crippen LogP contribution >= 0.6 is 0 Å². The number of hydrogen-bond acceptors (Lipinski definition) is 4. The lowest BCUT2D eigenvalue weighted by Gasteiger charge is -2.38. The van der Waals surface area contributed by atoms with E-state index < -0.39 is 12.2 Å². The molecule has 0 radical (unpaired) electrons. The van der Waals surface area contributed by atoms with Gasteiger partial charge in [-0.3, -0.25) is 0 Å². The van der Waals surface area contributed by atoms with E-state index in [0.717, 1.165) is 24.0 Å². The molecule has 2 aromatic rings. The van der Waals surface area contributed by atoms with Crippen LogP contribution in [0.25, 0.3) is 0 Å². The predicted octanol–water partition coefficient (Wildman–Crippen LogP) is 3.21. The minimum Gasteiger partial charge on any atom is -0.388 e. The van der Waals surface area contributed by atoms with Gasteiger partial charge in [0, 0.05) is 13.1 Å². The number of nitriles is 1. The predicted molar refractivity (Wildman–Crippen MR) is 127 cm³/mol. The Morgan fingerprint density at radius 3 is 1.53 bits per heavy atom. The monoisotopic (exact) mass is 434 g/mol. The molecule has 6 nitrogen and oxygen atoms in total. The summed E-state index contributed by atoms with van der Waals surface area (Å²) in [6.45, 7) is 5.42. The normalized spacial score (nSPS) is 23.5. The van der Waals surface area contributed by atoms with Crippen LogP contribution in [0.4, 0.5) is 0 Å². The quantitative estimate of drug-likeness (QED) is 0.624. The van der Waals surface area contributed by atoms with Crippen LogP contribution < -0.4 is 0 Å². The van der Waals surface area contributed by atoms with Gasteiger partial charge >= 0.3 is 0 Å². The molecule has 6 heteroatoms. The Morgan fingerprint density at radius 2 is 1.19 bits per heavy atom. The first-order chi connectivity index (χ1) is 15.6. The maximum absolute atomic E-state index is 11.4. The number of hydrogen-bond donors (Lipinski definition) is 2. The van der Waals surface area contributed by atoms with Gasteiger partial charge in [-0.15, -0.1) is 4.99 Å². The third-order valence-corrected chi connectivity index (χ3v) is 6.11. The highest BCUT2D eigenvalue weighted by Crippen LogP contribution is 2.28. The van der Waals surface area contributed by atoms with Gasteiger partial charge in [0.25, 0.3) is 0 Å². The second kappa shape index (κ2) is 11.7. The fourth-order valence-corrected chi connectivity index (χ4v) is 4.65. The van der Waals surface area contributed by atoms with E-state index in [9.17, 15) is 15.5 Å². The van der Waals surface area contributed by atoms with Gasteiger partial charge in [0.15, 0.2) is 0 Å². The highest BCUT2D eigenvalue weighted by Gasteiger charge is 2.44. The van der Waals surface area contributed by atoms with Crippen molar-refractivity contribution in [2.75, 3.05) is 13.1 Å². The van der Waals surface area contributed by atoms with E-state index in [-0.39, 0.29) is 12.1 Å². The van der Waals surface area contributed by atoms with Crippen LogP contribution in [-0.4, -0.2) is 63.4 Å². The van der Waals surface area contributed by atoms with E-state index in [1.54, 1.807) is 0 Å². The van der Waals surface area contributed by atoms with Gasteiger partial charge < -0.3 is 20.0 Å². The average molecular weight is 435 g/mol. The van der Waals surface area contributed by atoms with E-state index in [2.05, 4.69) is 18.8 Å². The topological polar surface area (TPSA) is 83.1 Å². The second-order valence-electron chi connectivity index (χ2n) is 8.39. The van der Waals surface area contributed by atoms with Crippen molar-refractivity contribution in [3.05, 3.63) is 71.8 Å². The summed E-state index contributed by atoms with van der Waals surface area (Å²) in [5.74, 6) is 0.550. The van der Waals surface area contributed by atoms with E-state index >= 15 is 0 Å². The molecule has 1 fully saturated rings. The van der Waals surface area contributed by atoms with Crippen LogP contribution in [-0.2, 0) is 12.8 Å². The molecular formula is C26H34N4O2. The number of aliphatic imine (C=N–C) groups is 1. The molecule has 170 valence electrons. The van der Waals surface area contributed by atoms with Crippen molar-refractivity contribution in [3.63, 3.8) is 0 Å². The zero-order valence-electron chi connectivity index (χ0n) is 19.0. The lowest BCUT2D eigenvalue weighted by molar-refractivity contribution is -0.0394. The van der Waals surface area contributed by atoms with Gasteiger partial charge in [-0.05, 0) is 36.8 Å². The lowest BCUT2D eigenvalue weighted by atomic mass is 9.91. The third kappa shape index (κ3) is 5.48. The van der Waals surface area contributed by atoms with Gasteiger partial charge in [-0.25, -0.2) is 0 Å². The molecule has 0 unspecified atom stereocenters. The minimum atomic E-state index is -0.985. The summed E-state index contributed by atoms with van der Waals surface area (Å²) in [5, 5.41) is 32.4. The Labute approximate surface area is 191 Å². The Kier molecular flexibility index (Phi) is 8.66. The van der Waals surface area contributed by atoms with E-state index in [0.29, 0.717) is 31.9 Å². The van der Waals surface area contributed by atoms with Crippen LogP contribution in [0, 0.1) is 11.5 Å². The van der Waals surface area contributed by atoms with E-state index in [4.69, 9.17) is 0 Å². The Balaban J connectivity index is 2.07. The average Bonchev–Trinajstić information content (AvgIpc) is 2.88. The fourth-order valence-electron chi connectivity index (χ4n) is 4.65. The summed E-state index contributed by atoms with van der Waals surface area (Å²) in [6, 6.07) is 19.2. The molecule has 1 heterocycles. The first-order valence-electron chi connectivity index (χ1n) is 11.5. The molecule has 2 aromatic carbocycles. The molecule has 2 N–H and O–H groups in total. The highest BCUT2D eigenvalue weighted by atomic mass is 16.3. The fraction of sp³-hybridized carbons (Fsp3) is 0.462. The first kappa shape index (κ1) is 23.8. The van der Waals surface area contributed by atoms with Gasteiger partial charge in [0.2, 0.25) is 12.2 Å². The Hall–Kier alpha value is -2.88. The van der Waals surface area contributed by atoms with Crippen LogP contribution in [0.15, 0.2) is 65.7 Å². The second-order valence-corrected chi connectivity index (χ2v) is 8.39. The number of benzene rings is 2. The standard InChI is InChI=1S/C26H34N4O2/c1-3-15-29-22(17-20-11-7-5-8-12-20)24(31)25(32)23(18-21-13-9-6-10-14-21)30(16-4-2)26(29)28-19-27/h5-14,22-25,31-32H,3-4,15-18H2,1-2H3/t22-,23-,24+,25+/m1/s1. The van der Waals surface area contributed by atoms with Crippen molar-refractivity contribution in [1.82, 2.24) is 9.80 Å². The van der Waals surface area contributed by atoms with Crippen molar-refractivity contribution in [1.29, 1.82) is 5.26 Å². The van der Waals surface area contributed by atoms with E-state index in [1.807, 2.05) is 76.7 Å². The highest BCUT2D eigenvalue weighted by molar-refractivity contribution is 5.82. The number of guanidine groups is 1. The lowest BCUT2D eigenvalue weighted by Crippen LogP contribution is -2.52. The molecular weight excluding hydrogens is 400 g/mol. The van der Waals surface area contributed by atoms with Crippen molar-refractivity contribution in [2.45, 2.75) is 63.8 Å². The number of rotatable bonds is 8. The maximum atomic E-state index is 11.4. The molecule has 3 rings (SSSR count). The van der Waals surface area contributed by atoms with Crippen molar-refractivity contribution in [2.24, 2.45) is 4.99 Å². The Morgan fingerprint density at radius 1 is 0.781 bits per heavy atom. The molecule has 4 atom stereocenters. The van der Waals surface area contributed by atoms with E-state index in [1.165, 1.54) is 0 Å². The summed E-state index contributed by atoms with van der Waals surface area (Å²) in [5.41, 5.74) is 2.15. The minimum absolute atomic E-state index is 0.389. The summed E-state index contributed by atoms with van der Waals surface area (Å²) < 4.78 is 0. The van der Waals surface area contributed by atoms with Gasteiger partial charge in [-0.1, -0.05) is 74.5 Å². The molecule has 0 aromatic heterocycles. The Bertz CT molecular complexity index is 832. The zero-order chi connectivity index (χ0) is 22.9. The zero-order valence-corrected chi connectivity index (χ0v) is 19.0. The summed E-state index contributed by atoms with van der Waals surface area (Å²) >= 11 is 0. The van der Waals surface area contributed by atoms with Crippen LogP contribution in [0.2, 0.25) is 0 Å². The van der Waals surface area contributed by atoms with Crippen LogP contribution in [0.5, 0.6) is 0 Å². The molecule has 32 heavy (non-hydrogen) atoms. The molecule has 0 saturated carbocycles. The summed E-state index contributed by atoms with van der Waals surface area (Å²) in [4.78, 5) is 8.31. The van der Waals surface area contributed by atoms with Crippen molar-refractivity contribution < 1.29 is 10.2 Å². The number of aliphatic hydroxyl groups excluding tert-OH is 2. The SMILES string of the molecule is CCCN1C(=NC#N)N(CCC)[C@H](Cc2ccccc2)[C@H](O)[C@@H](O)[C@H]1Cc1ccccc1.